The fourth-order valence-electron chi connectivity index (χ4n) is 2.56. The quantitative estimate of drug-likeness (QED) is 0.669. The largest absolute Gasteiger partial charge is 0.323 e. The molecule has 0 fully saturated rings. The molecule has 0 heterocycles. The molecule has 0 aliphatic carbocycles. The van der Waals surface area contributed by atoms with E-state index in [1.165, 1.54) is 16.5 Å². The molecule has 23 heavy (non-hydrogen) atoms. The Morgan fingerprint density at radius 3 is 2.52 bits per heavy atom. The van der Waals surface area contributed by atoms with Gasteiger partial charge in [0.05, 0.1) is 0 Å². The van der Waals surface area contributed by atoms with Gasteiger partial charge in [-0.3, -0.25) is 4.79 Å². The molecule has 0 aliphatic heterocycles. The highest BCUT2D eigenvalue weighted by Crippen LogP contribution is 2.20. The Labute approximate surface area is 136 Å². The third-order valence-corrected chi connectivity index (χ3v) is 4.01. The number of hydrogen-bond donors (Lipinski definition) is 1. The molecule has 0 bridgehead atoms. The summed E-state index contributed by atoms with van der Waals surface area (Å²) in [6, 6.07) is 20.2. The van der Waals surface area contributed by atoms with E-state index in [0.29, 0.717) is 0 Å². The highest BCUT2D eigenvalue weighted by atomic mass is 16.1. The van der Waals surface area contributed by atoms with Crippen LogP contribution in [0.4, 0.5) is 5.69 Å². The second-order valence-corrected chi connectivity index (χ2v) is 5.69. The SMILES string of the molecule is Cc1ccc(NC(=O)C=Cc2cccc3ccccc23)cc1C. The molecule has 3 rings (SSSR count). The van der Waals surface area contributed by atoms with Gasteiger partial charge in [0.1, 0.15) is 0 Å². The number of amides is 1. The first kappa shape index (κ1) is 15.0. The van der Waals surface area contributed by atoms with Gasteiger partial charge in [-0.2, -0.15) is 0 Å². The number of benzene rings is 3. The first-order valence-electron chi connectivity index (χ1n) is 7.67. The standard InChI is InChI=1S/C21H19NO/c1-15-10-12-19(14-16(15)2)22-21(23)13-11-18-8-5-7-17-6-3-4-9-20(17)18/h3-14H,1-2H3,(H,22,23). The van der Waals surface area contributed by atoms with Gasteiger partial charge in [0.15, 0.2) is 0 Å². The molecular formula is C21H19NO. The summed E-state index contributed by atoms with van der Waals surface area (Å²) in [6.07, 6.45) is 3.44. The van der Waals surface area contributed by atoms with Gasteiger partial charge in [-0.1, -0.05) is 48.5 Å². The van der Waals surface area contributed by atoms with Crippen LogP contribution in [0.2, 0.25) is 0 Å². The van der Waals surface area contributed by atoms with E-state index in [0.717, 1.165) is 16.6 Å². The van der Waals surface area contributed by atoms with E-state index >= 15 is 0 Å². The Bertz CT molecular complexity index is 888. The van der Waals surface area contributed by atoms with Gasteiger partial charge in [0.2, 0.25) is 5.91 Å². The number of nitrogens with one attached hydrogen (secondary N) is 1. The highest BCUT2D eigenvalue weighted by Gasteiger charge is 2.01. The normalized spacial score (nSPS) is 11.0. The van der Waals surface area contributed by atoms with Crippen molar-refractivity contribution in [1.82, 2.24) is 0 Å². The van der Waals surface area contributed by atoms with Crippen molar-refractivity contribution < 1.29 is 4.79 Å². The van der Waals surface area contributed by atoms with Crippen LogP contribution in [0, 0.1) is 13.8 Å². The molecule has 2 heteroatoms. The number of carbonyl (C=O) groups is 1. The molecule has 114 valence electrons. The smallest absolute Gasteiger partial charge is 0.248 e. The van der Waals surface area contributed by atoms with Gasteiger partial charge in [-0.15, -0.1) is 0 Å². The number of anilines is 1. The molecule has 1 N–H and O–H groups in total. The number of aryl methyl sites for hydroxylation is 2. The molecule has 0 aromatic heterocycles. The third-order valence-electron chi connectivity index (χ3n) is 4.01. The molecule has 0 radical (unpaired) electrons. The summed E-state index contributed by atoms with van der Waals surface area (Å²) in [6.45, 7) is 4.10. The maximum absolute atomic E-state index is 12.1. The van der Waals surface area contributed by atoms with Crippen LogP contribution in [0.15, 0.2) is 66.7 Å². The van der Waals surface area contributed by atoms with Crippen LogP contribution < -0.4 is 5.32 Å². The number of carbonyl (C=O) groups excluding carboxylic acids is 1. The van der Waals surface area contributed by atoms with Crippen molar-refractivity contribution in [1.29, 1.82) is 0 Å². The summed E-state index contributed by atoms with van der Waals surface area (Å²) >= 11 is 0. The van der Waals surface area contributed by atoms with Gasteiger partial charge in [0, 0.05) is 11.8 Å². The van der Waals surface area contributed by atoms with Crippen LogP contribution in [0.3, 0.4) is 0 Å². The zero-order valence-corrected chi connectivity index (χ0v) is 13.3. The van der Waals surface area contributed by atoms with Gasteiger partial charge in [-0.25, -0.2) is 0 Å². The Balaban J connectivity index is 1.78. The van der Waals surface area contributed by atoms with Crippen molar-refractivity contribution in [2.24, 2.45) is 0 Å². The molecule has 0 aliphatic rings. The first-order valence-corrected chi connectivity index (χ1v) is 7.67. The van der Waals surface area contributed by atoms with Crippen molar-refractivity contribution in [2.75, 3.05) is 5.32 Å². The van der Waals surface area contributed by atoms with E-state index in [-0.39, 0.29) is 5.91 Å². The Kier molecular flexibility index (Phi) is 4.24. The van der Waals surface area contributed by atoms with Crippen molar-refractivity contribution in [3.05, 3.63) is 83.4 Å². The summed E-state index contributed by atoms with van der Waals surface area (Å²) in [5.74, 6) is -0.124. The predicted octanol–water partition coefficient (Wildman–Crippen LogP) is 5.11. The van der Waals surface area contributed by atoms with E-state index in [1.807, 2.05) is 55.5 Å². The van der Waals surface area contributed by atoms with Gasteiger partial charge in [-0.05, 0) is 59.5 Å². The van der Waals surface area contributed by atoms with Gasteiger partial charge in [0.25, 0.3) is 0 Å². The van der Waals surface area contributed by atoms with Crippen LogP contribution >= 0.6 is 0 Å². The minimum Gasteiger partial charge on any atom is -0.323 e. The fourth-order valence-corrected chi connectivity index (χ4v) is 2.56. The summed E-state index contributed by atoms with van der Waals surface area (Å²) in [7, 11) is 0. The van der Waals surface area contributed by atoms with E-state index in [4.69, 9.17) is 0 Å². The highest BCUT2D eigenvalue weighted by molar-refractivity contribution is 6.03. The predicted molar refractivity (Wildman–Crippen MR) is 97.5 cm³/mol. The number of rotatable bonds is 3. The molecule has 0 saturated carbocycles. The van der Waals surface area contributed by atoms with Crippen LogP contribution in [-0.2, 0) is 4.79 Å². The molecule has 3 aromatic carbocycles. The van der Waals surface area contributed by atoms with E-state index in [2.05, 4.69) is 30.4 Å². The van der Waals surface area contributed by atoms with Crippen molar-refractivity contribution >= 4 is 28.4 Å². The Morgan fingerprint density at radius 2 is 1.70 bits per heavy atom. The molecule has 1 amide bonds. The summed E-state index contributed by atoms with van der Waals surface area (Å²) in [5.41, 5.74) is 4.24. The molecule has 0 saturated heterocycles. The zero-order chi connectivity index (χ0) is 16.2. The second kappa shape index (κ2) is 6.49. The molecular weight excluding hydrogens is 282 g/mol. The maximum atomic E-state index is 12.1. The van der Waals surface area contributed by atoms with Crippen LogP contribution in [-0.4, -0.2) is 5.91 Å². The van der Waals surface area contributed by atoms with Crippen molar-refractivity contribution in [2.45, 2.75) is 13.8 Å². The van der Waals surface area contributed by atoms with Crippen LogP contribution in [0.5, 0.6) is 0 Å². The minimum atomic E-state index is -0.124. The molecule has 0 unspecified atom stereocenters. The average molecular weight is 301 g/mol. The van der Waals surface area contributed by atoms with E-state index < -0.39 is 0 Å². The molecule has 2 nitrogen and oxygen atoms in total. The van der Waals surface area contributed by atoms with Crippen molar-refractivity contribution in [3.63, 3.8) is 0 Å². The number of hydrogen-bond acceptors (Lipinski definition) is 1. The lowest BCUT2D eigenvalue weighted by molar-refractivity contribution is -0.111. The van der Waals surface area contributed by atoms with Gasteiger partial charge >= 0.3 is 0 Å². The molecule has 0 spiro atoms. The Morgan fingerprint density at radius 1 is 0.913 bits per heavy atom. The lowest BCUT2D eigenvalue weighted by atomic mass is 10.0. The molecule has 0 atom stereocenters. The first-order chi connectivity index (χ1) is 11.1. The fraction of sp³-hybridized carbons (Fsp3) is 0.0952. The maximum Gasteiger partial charge on any atom is 0.248 e. The van der Waals surface area contributed by atoms with Gasteiger partial charge < -0.3 is 5.32 Å². The topological polar surface area (TPSA) is 29.1 Å². The third kappa shape index (κ3) is 3.49. The average Bonchev–Trinajstić information content (AvgIpc) is 2.56. The van der Waals surface area contributed by atoms with E-state index in [1.54, 1.807) is 6.08 Å². The summed E-state index contributed by atoms with van der Waals surface area (Å²) in [5, 5.41) is 5.22. The minimum absolute atomic E-state index is 0.124. The zero-order valence-electron chi connectivity index (χ0n) is 13.3. The lowest BCUT2D eigenvalue weighted by Crippen LogP contribution is -2.07. The van der Waals surface area contributed by atoms with Crippen LogP contribution in [0.25, 0.3) is 16.8 Å². The van der Waals surface area contributed by atoms with Crippen LogP contribution in [0.1, 0.15) is 16.7 Å². The Hall–Kier alpha value is -2.87. The lowest BCUT2D eigenvalue weighted by Gasteiger charge is -2.06. The summed E-state index contributed by atoms with van der Waals surface area (Å²) < 4.78 is 0. The second-order valence-electron chi connectivity index (χ2n) is 5.69. The van der Waals surface area contributed by atoms with E-state index in [9.17, 15) is 4.79 Å². The van der Waals surface area contributed by atoms with Crippen molar-refractivity contribution in [3.8, 4) is 0 Å². The summed E-state index contributed by atoms with van der Waals surface area (Å²) in [4.78, 5) is 12.1. The molecule has 3 aromatic rings. The monoisotopic (exact) mass is 301 g/mol. The number of fused-ring (bicyclic) bond motifs is 1.